The van der Waals surface area contributed by atoms with Gasteiger partial charge in [0.25, 0.3) is 0 Å². The Labute approximate surface area is 146 Å². The van der Waals surface area contributed by atoms with Crippen molar-refractivity contribution < 1.29 is 4.79 Å². The van der Waals surface area contributed by atoms with Crippen LogP contribution in [0.2, 0.25) is 0 Å². The number of benzene rings is 2. The molecule has 0 aliphatic carbocycles. The van der Waals surface area contributed by atoms with Crippen molar-refractivity contribution >= 4 is 27.6 Å². The van der Waals surface area contributed by atoms with Gasteiger partial charge < -0.3 is 10.6 Å². The third-order valence-corrected chi connectivity index (χ3v) is 4.38. The summed E-state index contributed by atoms with van der Waals surface area (Å²) in [6, 6.07) is 14.2. The number of amides is 2. The number of para-hydroxylation sites is 1. The van der Waals surface area contributed by atoms with Crippen LogP contribution in [0.3, 0.4) is 0 Å². The van der Waals surface area contributed by atoms with Gasteiger partial charge in [-0.05, 0) is 48.1 Å². The molecule has 3 nitrogen and oxygen atoms in total. The van der Waals surface area contributed by atoms with E-state index in [0.717, 1.165) is 29.4 Å². The first-order valence-corrected chi connectivity index (χ1v) is 8.83. The minimum atomic E-state index is -0.141. The van der Waals surface area contributed by atoms with Crippen LogP contribution < -0.4 is 10.6 Å². The number of hydrogen-bond donors (Lipinski definition) is 2. The molecule has 2 aromatic rings. The summed E-state index contributed by atoms with van der Waals surface area (Å²) in [7, 11) is 0. The molecule has 0 bridgehead atoms. The van der Waals surface area contributed by atoms with Gasteiger partial charge in [0, 0.05) is 16.7 Å². The van der Waals surface area contributed by atoms with Gasteiger partial charge >= 0.3 is 6.03 Å². The number of halogens is 1. The summed E-state index contributed by atoms with van der Waals surface area (Å²) in [5, 5.41) is 5.95. The van der Waals surface area contributed by atoms with Gasteiger partial charge in [0.15, 0.2) is 0 Å². The normalized spacial score (nSPS) is 10.4. The lowest BCUT2D eigenvalue weighted by molar-refractivity contribution is 0.252. The maximum absolute atomic E-state index is 12.2. The monoisotopic (exact) mass is 374 g/mol. The zero-order valence-corrected chi connectivity index (χ0v) is 15.2. The van der Waals surface area contributed by atoms with E-state index in [0.29, 0.717) is 6.54 Å². The minimum Gasteiger partial charge on any atom is -0.338 e. The minimum absolute atomic E-state index is 0.141. The quantitative estimate of drug-likeness (QED) is 0.738. The summed E-state index contributed by atoms with van der Waals surface area (Å²) >= 11 is 3.42. The second-order valence-electron chi connectivity index (χ2n) is 5.42. The maximum Gasteiger partial charge on any atom is 0.319 e. The van der Waals surface area contributed by atoms with Crippen molar-refractivity contribution in [3.8, 4) is 0 Å². The molecule has 0 radical (unpaired) electrons. The summed E-state index contributed by atoms with van der Waals surface area (Å²) in [5.41, 5.74) is 4.51. The Hall–Kier alpha value is -1.81. The van der Waals surface area contributed by atoms with Crippen LogP contribution in [0.1, 0.15) is 30.5 Å². The Bertz CT molecular complexity index is 631. The molecule has 2 aromatic carbocycles. The van der Waals surface area contributed by atoms with Gasteiger partial charge in [-0.25, -0.2) is 4.79 Å². The fourth-order valence-corrected chi connectivity index (χ4v) is 2.80. The van der Waals surface area contributed by atoms with Gasteiger partial charge in [-0.3, -0.25) is 0 Å². The second-order valence-corrected chi connectivity index (χ2v) is 6.33. The number of carbonyl (C=O) groups excluding carboxylic acids is 1. The smallest absolute Gasteiger partial charge is 0.319 e. The molecule has 0 aromatic heterocycles. The highest BCUT2D eigenvalue weighted by atomic mass is 79.9. The van der Waals surface area contributed by atoms with Crippen molar-refractivity contribution in [3.63, 3.8) is 0 Å². The molecule has 0 saturated heterocycles. The summed E-state index contributed by atoms with van der Waals surface area (Å²) in [5.74, 6) is 0. The van der Waals surface area contributed by atoms with E-state index in [-0.39, 0.29) is 6.03 Å². The zero-order valence-electron chi connectivity index (χ0n) is 13.7. The molecule has 2 N–H and O–H groups in total. The Morgan fingerprint density at radius 1 is 1.00 bits per heavy atom. The number of rotatable bonds is 6. The van der Waals surface area contributed by atoms with Gasteiger partial charge in [0.1, 0.15) is 0 Å². The molecule has 2 rings (SSSR count). The fraction of sp³-hybridized carbons (Fsp3) is 0.316. The molecule has 0 aliphatic heterocycles. The van der Waals surface area contributed by atoms with Crippen LogP contribution in [0, 0.1) is 0 Å². The second kappa shape index (κ2) is 8.73. The standard InChI is InChI=1S/C19H23BrN2O/c1-3-15-6-5-7-16(4-2)18(15)22-19(23)21-13-12-14-8-10-17(20)11-9-14/h5-11H,3-4,12-13H2,1-2H3,(H2,21,22,23). The van der Waals surface area contributed by atoms with E-state index in [2.05, 4.69) is 64.7 Å². The Morgan fingerprint density at radius 3 is 2.17 bits per heavy atom. The van der Waals surface area contributed by atoms with Crippen molar-refractivity contribution in [1.29, 1.82) is 0 Å². The van der Waals surface area contributed by atoms with Crippen LogP contribution in [0.15, 0.2) is 46.9 Å². The van der Waals surface area contributed by atoms with E-state index in [1.165, 1.54) is 16.7 Å². The lowest BCUT2D eigenvalue weighted by atomic mass is 10.0. The zero-order chi connectivity index (χ0) is 16.7. The number of carbonyl (C=O) groups is 1. The first kappa shape index (κ1) is 17.5. The van der Waals surface area contributed by atoms with Gasteiger partial charge in [0.2, 0.25) is 0 Å². The molecular formula is C19H23BrN2O. The Kier molecular flexibility index (Phi) is 6.66. The van der Waals surface area contributed by atoms with Crippen molar-refractivity contribution in [2.45, 2.75) is 33.1 Å². The van der Waals surface area contributed by atoms with Crippen molar-refractivity contribution in [3.05, 3.63) is 63.6 Å². The highest BCUT2D eigenvalue weighted by Gasteiger charge is 2.09. The van der Waals surface area contributed by atoms with Gasteiger partial charge in [-0.2, -0.15) is 0 Å². The SMILES string of the molecule is CCc1cccc(CC)c1NC(=O)NCCc1ccc(Br)cc1. The van der Waals surface area contributed by atoms with Crippen LogP contribution >= 0.6 is 15.9 Å². The molecule has 0 aliphatic rings. The summed E-state index contributed by atoms with van der Waals surface area (Å²) < 4.78 is 1.07. The van der Waals surface area contributed by atoms with Crippen molar-refractivity contribution in [2.75, 3.05) is 11.9 Å². The summed E-state index contributed by atoms with van der Waals surface area (Å²) in [6.07, 6.45) is 2.63. The predicted octanol–water partition coefficient (Wildman–Crippen LogP) is 4.94. The van der Waals surface area contributed by atoms with Gasteiger partial charge in [-0.15, -0.1) is 0 Å². The average Bonchev–Trinajstić information content (AvgIpc) is 2.57. The molecular weight excluding hydrogens is 352 g/mol. The van der Waals surface area contributed by atoms with E-state index in [4.69, 9.17) is 0 Å². The molecule has 2 amide bonds. The van der Waals surface area contributed by atoms with Gasteiger partial charge in [-0.1, -0.05) is 60.1 Å². The molecule has 0 heterocycles. The number of nitrogens with one attached hydrogen (secondary N) is 2. The lowest BCUT2D eigenvalue weighted by Gasteiger charge is -2.15. The first-order chi connectivity index (χ1) is 11.1. The van der Waals surface area contributed by atoms with Crippen molar-refractivity contribution in [2.24, 2.45) is 0 Å². The highest BCUT2D eigenvalue weighted by Crippen LogP contribution is 2.22. The van der Waals surface area contributed by atoms with Gasteiger partial charge in [0.05, 0.1) is 0 Å². The average molecular weight is 375 g/mol. The van der Waals surface area contributed by atoms with E-state index in [1.807, 2.05) is 18.2 Å². The van der Waals surface area contributed by atoms with E-state index in [9.17, 15) is 4.79 Å². The Morgan fingerprint density at radius 2 is 1.61 bits per heavy atom. The van der Waals surface area contributed by atoms with E-state index in [1.54, 1.807) is 0 Å². The van der Waals surface area contributed by atoms with Crippen LogP contribution in [0.5, 0.6) is 0 Å². The summed E-state index contributed by atoms with van der Waals surface area (Å²) in [4.78, 5) is 12.2. The molecule has 4 heteroatoms. The number of aryl methyl sites for hydroxylation is 2. The fourth-order valence-electron chi connectivity index (χ4n) is 2.53. The molecule has 0 saturated carbocycles. The topological polar surface area (TPSA) is 41.1 Å². The molecule has 0 spiro atoms. The molecule has 122 valence electrons. The van der Waals surface area contributed by atoms with E-state index < -0.39 is 0 Å². The third-order valence-electron chi connectivity index (χ3n) is 3.85. The first-order valence-electron chi connectivity index (χ1n) is 8.04. The molecule has 0 fully saturated rings. The number of anilines is 1. The molecule has 0 unspecified atom stereocenters. The number of urea groups is 1. The molecule has 23 heavy (non-hydrogen) atoms. The van der Waals surface area contributed by atoms with E-state index >= 15 is 0 Å². The van der Waals surface area contributed by atoms with Crippen LogP contribution in [-0.2, 0) is 19.3 Å². The lowest BCUT2D eigenvalue weighted by Crippen LogP contribution is -2.31. The van der Waals surface area contributed by atoms with Crippen LogP contribution in [-0.4, -0.2) is 12.6 Å². The third kappa shape index (κ3) is 5.10. The molecule has 0 atom stereocenters. The van der Waals surface area contributed by atoms with Crippen LogP contribution in [0.4, 0.5) is 10.5 Å². The highest BCUT2D eigenvalue weighted by molar-refractivity contribution is 9.10. The maximum atomic E-state index is 12.2. The Balaban J connectivity index is 1.91. The summed E-state index contributed by atoms with van der Waals surface area (Å²) in [6.45, 7) is 4.82. The largest absolute Gasteiger partial charge is 0.338 e. The van der Waals surface area contributed by atoms with Crippen LogP contribution in [0.25, 0.3) is 0 Å². The predicted molar refractivity (Wildman–Crippen MR) is 100 cm³/mol. The number of hydrogen-bond acceptors (Lipinski definition) is 1. The van der Waals surface area contributed by atoms with Crippen molar-refractivity contribution in [1.82, 2.24) is 5.32 Å².